The molecule has 2 rings (SSSR count). The molecule has 1 aromatic carbocycles. The SMILES string of the molecule is CCCCCCCCc1cnc(-c2ccc(OCCCC(=O)OCC)cc2)nc1. The quantitative estimate of drug-likeness (QED) is 0.299. The number of aromatic nitrogens is 2. The third-order valence-corrected chi connectivity index (χ3v) is 4.74. The van der Waals surface area contributed by atoms with Crippen LogP contribution in [-0.2, 0) is 16.0 Å². The van der Waals surface area contributed by atoms with E-state index in [0.717, 1.165) is 23.6 Å². The summed E-state index contributed by atoms with van der Waals surface area (Å²) in [6.07, 6.45) is 13.7. The van der Waals surface area contributed by atoms with Gasteiger partial charge in [0.05, 0.1) is 13.2 Å². The van der Waals surface area contributed by atoms with Crippen LogP contribution in [0.25, 0.3) is 11.4 Å². The second-order valence-corrected chi connectivity index (χ2v) is 7.21. The zero-order valence-corrected chi connectivity index (χ0v) is 17.9. The third kappa shape index (κ3) is 9.07. The number of hydrogen-bond acceptors (Lipinski definition) is 5. The van der Waals surface area contributed by atoms with Gasteiger partial charge < -0.3 is 9.47 Å². The van der Waals surface area contributed by atoms with Gasteiger partial charge in [-0.1, -0.05) is 39.0 Å². The van der Waals surface area contributed by atoms with Crippen LogP contribution in [0, 0.1) is 0 Å². The summed E-state index contributed by atoms with van der Waals surface area (Å²) < 4.78 is 10.6. The topological polar surface area (TPSA) is 61.3 Å². The Bertz CT molecular complexity index is 699. The average Bonchev–Trinajstić information content (AvgIpc) is 2.75. The highest BCUT2D eigenvalue weighted by atomic mass is 16.5. The van der Waals surface area contributed by atoms with Crippen molar-refractivity contribution in [1.29, 1.82) is 0 Å². The zero-order chi connectivity index (χ0) is 20.7. The van der Waals surface area contributed by atoms with Crippen molar-refractivity contribution in [3.8, 4) is 17.1 Å². The predicted molar refractivity (Wildman–Crippen MR) is 116 cm³/mol. The molecule has 158 valence electrons. The number of ether oxygens (including phenoxy) is 2. The number of rotatable bonds is 14. The molecule has 29 heavy (non-hydrogen) atoms. The Balaban J connectivity index is 1.72. The van der Waals surface area contributed by atoms with Crippen LogP contribution in [0.3, 0.4) is 0 Å². The van der Waals surface area contributed by atoms with Crippen molar-refractivity contribution in [2.45, 2.75) is 71.6 Å². The Morgan fingerprint density at radius 1 is 0.897 bits per heavy atom. The Labute approximate surface area is 174 Å². The second-order valence-electron chi connectivity index (χ2n) is 7.21. The van der Waals surface area contributed by atoms with Gasteiger partial charge in [0.2, 0.25) is 0 Å². The lowest BCUT2D eigenvalue weighted by Gasteiger charge is -2.07. The first-order valence-corrected chi connectivity index (χ1v) is 10.9. The van der Waals surface area contributed by atoms with Gasteiger partial charge in [0.25, 0.3) is 0 Å². The Kier molecular flexibility index (Phi) is 10.8. The highest BCUT2D eigenvalue weighted by Gasteiger charge is 2.04. The van der Waals surface area contributed by atoms with Crippen LogP contribution in [0.1, 0.15) is 70.8 Å². The van der Waals surface area contributed by atoms with E-state index in [1.807, 2.05) is 43.6 Å². The number of aryl methyl sites for hydroxylation is 1. The number of hydrogen-bond donors (Lipinski definition) is 0. The van der Waals surface area contributed by atoms with E-state index < -0.39 is 0 Å². The lowest BCUT2D eigenvalue weighted by atomic mass is 10.1. The molecule has 5 nitrogen and oxygen atoms in total. The largest absolute Gasteiger partial charge is 0.494 e. The maximum atomic E-state index is 11.3. The summed E-state index contributed by atoms with van der Waals surface area (Å²) in [5.41, 5.74) is 2.17. The molecule has 0 aliphatic carbocycles. The minimum atomic E-state index is -0.177. The number of unbranched alkanes of at least 4 members (excludes halogenated alkanes) is 5. The summed E-state index contributed by atoms with van der Waals surface area (Å²) >= 11 is 0. The normalized spacial score (nSPS) is 10.7. The molecule has 0 atom stereocenters. The molecule has 0 radical (unpaired) electrons. The smallest absolute Gasteiger partial charge is 0.305 e. The molecule has 0 unspecified atom stereocenters. The van der Waals surface area contributed by atoms with Gasteiger partial charge in [-0.3, -0.25) is 4.79 Å². The maximum absolute atomic E-state index is 11.3. The summed E-state index contributed by atoms with van der Waals surface area (Å²) in [5, 5.41) is 0. The molecule has 5 heteroatoms. The Morgan fingerprint density at radius 2 is 1.59 bits per heavy atom. The number of carbonyl (C=O) groups excluding carboxylic acids is 1. The van der Waals surface area contributed by atoms with Crippen molar-refractivity contribution >= 4 is 5.97 Å². The summed E-state index contributed by atoms with van der Waals surface area (Å²) in [5.74, 6) is 1.33. The summed E-state index contributed by atoms with van der Waals surface area (Å²) in [4.78, 5) is 20.3. The standard InChI is InChI=1S/C24H34N2O3/c1-3-5-6-7-8-9-11-20-18-25-24(26-19-20)21-13-15-22(16-14-21)29-17-10-12-23(27)28-4-2/h13-16,18-19H,3-12,17H2,1-2H3. The fourth-order valence-electron chi connectivity index (χ4n) is 3.08. The lowest BCUT2D eigenvalue weighted by Crippen LogP contribution is -2.06. The monoisotopic (exact) mass is 398 g/mol. The first kappa shape index (κ1) is 22.9. The zero-order valence-electron chi connectivity index (χ0n) is 17.9. The van der Waals surface area contributed by atoms with Crippen LogP contribution >= 0.6 is 0 Å². The van der Waals surface area contributed by atoms with Crippen molar-refractivity contribution in [3.63, 3.8) is 0 Å². The van der Waals surface area contributed by atoms with Gasteiger partial charge >= 0.3 is 5.97 Å². The summed E-state index contributed by atoms with van der Waals surface area (Å²) in [6, 6.07) is 7.74. The van der Waals surface area contributed by atoms with Crippen molar-refractivity contribution in [1.82, 2.24) is 9.97 Å². The van der Waals surface area contributed by atoms with Crippen LogP contribution in [-0.4, -0.2) is 29.2 Å². The first-order chi connectivity index (χ1) is 14.2. The average molecular weight is 399 g/mol. The molecule has 0 saturated carbocycles. The van der Waals surface area contributed by atoms with Gasteiger partial charge in [-0.2, -0.15) is 0 Å². The van der Waals surface area contributed by atoms with Crippen molar-refractivity contribution < 1.29 is 14.3 Å². The van der Waals surface area contributed by atoms with Crippen LogP contribution < -0.4 is 4.74 Å². The van der Waals surface area contributed by atoms with E-state index in [1.54, 1.807) is 0 Å². The summed E-state index contributed by atoms with van der Waals surface area (Å²) in [6.45, 7) is 4.96. The molecular formula is C24H34N2O3. The second kappa shape index (κ2) is 13.7. The van der Waals surface area contributed by atoms with E-state index in [1.165, 1.54) is 44.1 Å². The summed E-state index contributed by atoms with van der Waals surface area (Å²) in [7, 11) is 0. The van der Waals surface area contributed by atoms with Crippen molar-refractivity contribution in [2.75, 3.05) is 13.2 Å². The molecule has 1 aromatic heterocycles. The Morgan fingerprint density at radius 3 is 2.28 bits per heavy atom. The number of carbonyl (C=O) groups is 1. The molecule has 0 amide bonds. The van der Waals surface area contributed by atoms with E-state index in [-0.39, 0.29) is 5.97 Å². The van der Waals surface area contributed by atoms with Crippen LogP contribution in [0.2, 0.25) is 0 Å². The Hall–Kier alpha value is -2.43. The fraction of sp³-hybridized carbons (Fsp3) is 0.542. The van der Waals surface area contributed by atoms with E-state index in [4.69, 9.17) is 9.47 Å². The molecular weight excluding hydrogens is 364 g/mol. The van der Waals surface area contributed by atoms with Crippen molar-refractivity contribution in [3.05, 3.63) is 42.2 Å². The molecule has 0 N–H and O–H groups in total. The lowest BCUT2D eigenvalue weighted by molar-refractivity contribution is -0.143. The number of nitrogens with zero attached hydrogens (tertiary/aromatic N) is 2. The molecule has 0 bridgehead atoms. The highest BCUT2D eigenvalue weighted by molar-refractivity contribution is 5.69. The van der Waals surface area contributed by atoms with E-state index in [2.05, 4.69) is 16.9 Å². The van der Waals surface area contributed by atoms with Gasteiger partial charge in [0.15, 0.2) is 5.82 Å². The predicted octanol–water partition coefficient (Wildman–Crippen LogP) is 5.77. The van der Waals surface area contributed by atoms with Gasteiger partial charge in [-0.05, 0) is 56.0 Å². The van der Waals surface area contributed by atoms with E-state index >= 15 is 0 Å². The number of esters is 1. The third-order valence-electron chi connectivity index (χ3n) is 4.74. The van der Waals surface area contributed by atoms with E-state index in [9.17, 15) is 4.79 Å². The minimum absolute atomic E-state index is 0.177. The fourth-order valence-corrected chi connectivity index (χ4v) is 3.08. The molecule has 0 spiro atoms. The molecule has 2 aromatic rings. The van der Waals surface area contributed by atoms with Gasteiger partial charge in [0.1, 0.15) is 5.75 Å². The first-order valence-electron chi connectivity index (χ1n) is 10.9. The molecule has 0 fully saturated rings. The highest BCUT2D eigenvalue weighted by Crippen LogP contribution is 2.20. The molecule has 1 heterocycles. The van der Waals surface area contributed by atoms with Crippen LogP contribution in [0.4, 0.5) is 0 Å². The van der Waals surface area contributed by atoms with Gasteiger partial charge in [-0.15, -0.1) is 0 Å². The van der Waals surface area contributed by atoms with Gasteiger partial charge in [0, 0.05) is 24.4 Å². The van der Waals surface area contributed by atoms with Crippen LogP contribution in [0.15, 0.2) is 36.7 Å². The maximum Gasteiger partial charge on any atom is 0.305 e. The molecule has 0 aliphatic rings. The molecule has 0 saturated heterocycles. The van der Waals surface area contributed by atoms with Gasteiger partial charge in [-0.25, -0.2) is 9.97 Å². The minimum Gasteiger partial charge on any atom is -0.494 e. The number of benzene rings is 1. The van der Waals surface area contributed by atoms with E-state index in [0.29, 0.717) is 26.1 Å². The molecule has 0 aliphatic heterocycles. The van der Waals surface area contributed by atoms with Crippen LogP contribution in [0.5, 0.6) is 5.75 Å². The van der Waals surface area contributed by atoms with Crippen molar-refractivity contribution in [2.24, 2.45) is 0 Å².